The van der Waals surface area contributed by atoms with Crippen molar-refractivity contribution in [2.75, 3.05) is 25.5 Å². The van der Waals surface area contributed by atoms with Crippen LogP contribution in [0.2, 0.25) is 0 Å². The van der Waals surface area contributed by atoms with Gasteiger partial charge in [-0.3, -0.25) is 4.79 Å². The van der Waals surface area contributed by atoms with Crippen molar-refractivity contribution in [1.82, 2.24) is 9.88 Å². The second-order valence-corrected chi connectivity index (χ2v) is 5.70. The van der Waals surface area contributed by atoms with Gasteiger partial charge in [0.2, 0.25) is 0 Å². The molecule has 5 heteroatoms. The minimum Gasteiger partial charge on any atom is -0.490 e. The number of carbonyl (C=O) groups is 1. The van der Waals surface area contributed by atoms with Gasteiger partial charge in [-0.15, -0.1) is 0 Å². The maximum atomic E-state index is 11.9. The van der Waals surface area contributed by atoms with E-state index < -0.39 is 0 Å². The summed E-state index contributed by atoms with van der Waals surface area (Å²) < 4.78 is 5.99. The highest BCUT2D eigenvalue weighted by molar-refractivity contribution is 6.04. The summed E-state index contributed by atoms with van der Waals surface area (Å²) >= 11 is 0. The summed E-state index contributed by atoms with van der Waals surface area (Å²) in [6, 6.07) is 9.30. The third-order valence-corrected chi connectivity index (χ3v) is 3.94. The van der Waals surface area contributed by atoms with Crippen LogP contribution in [0, 0.1) is 0 Å². The first-order valence-corrected chi connectivity index (χ1v) is 7.60. The molecule has 0 spiro atoms. The lowest BCUT2D eigenvalue weighted by Gasteiger charge is -2.29. The molecule has 5 nitrogen and oxygen atoms in total. The summed E-state index contributed by atoms with van der Waals surface area (Å²) in [4.78, 5) is 17.1. The van der Waals surface area contributed by atoms with E-state index in [0.717, 1.165) is 37.4 Å². The van der Waals surface area contributed by atoms with E-state index in [1.54, 1.807) is 18.5 Å². The van der Waals surface area contributed by atoms with Crippen molar-refractivity contribution in [3.05, 3.63) is 48.3 Å². The number of rotatable bonds is 4. The number of anilines is 1. The zero-order valence-corrected chi connectivity index (χ0v) is 12.7. The second-order valence-electron chi connectivity index (χ2n) is 5.70. The molecule has 1 aromatic heterocycles. The number of nitrogens with one attached hydrogen (secondary N) is 2. The van der Waals surface area contributed by atoms with Crippen LogP contribution in [0.4, 0.5) is 5.69 Å². The monoisotopic (exact) mass is 299 g/mol. The van der Waals surface area contributed by atoms with Gasteiger partial charge >= 0.3 is 0 Å². The first kappa shape index (κ1) is 14.7. The van der Waals surface area contributed by atoms with Crippen LogP contribution in [-0.4, -0.2) is 42.0 Å². The number of aromatic nitrogens is 1. The van der Waals surface area contributed by atoms with Crippen LogP contribution in [-0.2, 0) is 0 Å². The third-order valence-electron chi connectivity index (χ3n) is 3.94. The Balaban J connectivity index is 1.55. The highest BCUT2D eigenvalue weighted by Crippen LogP contribution is 2.21. The number of H-pyrrole nitrogens is 1. The fraction of sp³-hybridized carbons (Fsp3) is 0.353. The highest BCUT2D eigenvalue weighted by Gasteiger charge is 2.17. The number of piperidine rings is 1. The molecule has 1 amide bonds. The van der Waals surface area contributed by atoms with E-state index in [1.807, 2.05) is 24.3 Å². The zero-order valence-electron chi connectivity index (χ0n) is 12.7. The van der Waals surface area contributed by atoms with Crippen LogP contribution in [0.15, 0.2) is 42.7 Å². The van der Waals surface area contributed by atoms with Crippen LogP contribution in [0.25, 0.3) is 0 Å². The maximum Gasteiger partial charge on any atom is 0.257 e. The first-order valence-electron chi connectivity index (χ1n) is 7.60. The van der Waals surface area contributed by atoms with Gasteiger partial charge in [-0.05, 0) is 50.2 Å². The van der Waals surface area contributed by atoms with Gasteiger partial charge in [-0.1, -0.05) is 0 Å². The van der Waals surface area contributed by atoms with E-state index in [9.17, 15) is 4.79 Å². The van der Waals surface area contributed by atoms with Crippen molar-refractivity contribution in [2.24, 2.45) is 0 Å². The molecule has 2 aromatic rings. The third kappa shape index (κ3) is 3.68. The van der Waals surface area contributed by atoms with Gasteiger partial charge in [0.15, 0.2) is 0 Å². The number of amides is 1. The molecule has 0 saturated carbocycles. The molecular weight excluding hydrogens is 278 g/mol. The number of ether oxygens (including phenoxy) is 1. The predicted octanol–water partition coefficient (Wildman–Crippen LogP) is 2.74. The molecule has 0 bridgehead atoms. The molecule has 1 fully saturated rings. The van der Waals surface area contributed by atoms with Gasteiger partial charge < -0.3 is 19.9 Å². The Kier molecular flexibility index (Phi) is 4.44. The molecule has 22 heavy (non-hydrogen) atoms. The minimum absolute atomic E-state index is 0.120. The van der Waals surface area contributed by atoms with Crippen LogP contribution >= 0.6 is 0 Å². The lowest BCUT2D eigenvalue weighted by molar-refractivity contribution is 0.102. The number of carbonyl (C=O) groups excluding carboxylic acids is 1. The molecule has 2 N–H and O–H groups in total. The van der Waals surface area contributed by atoms with Gasteiger partial charge in [0.1, 0.15) is 11.9 Å². The molecule has 1 aliphatic heterocycles. The van der Waals surface area contributed by atoms with Crippen molar-refractivity contribution in [3.8, 4) is 5.75 Å². The molecule has 0 atom stereocenters. The number of hydrogen-bond acceptors (Lipinski definition) is 3. The Morgan fingerprint density at radius 1 is 1.23 bits per heavy atom. The fourth-order valence-electron chi connectivity index (χ4n) is 2.58. The Morgan fingerprint density at radius 3 is 2.59 bits per heavy atom. The fourth-order valence-corrected chi connectivity index (χ4v) is 2.58. The number of nitrogens with zero attached hydrogens (tertiary/aromatic N) is 1. The van der Waals surface area contributed by atoms with E-state index in [0.29, 0.717) is 5.56 Å². The van der Waals surface area contributed by atoms with E-state index in [-0.39, 0.29) is 12.0 Å². The van der Waals surface area contributed by atoms with Crippen LogP contribution in [0.3, 0.4) is 0 Å². The number of likely N-dealkylation sites (tertiary alicyclic amines) is 1. The predicted molar refractivity (Wildman–Crippen MR) is 86.3 cm³/mol. The van der Waals surface area contributed by atoms with Gasteiger partial charge in [0.05, 0.1) is 5.56 Å². The van der Waals surface area contributed by atoms with Crippen LogP contribution in [0.5, 0.6) is 5.75 Å². The lowest BCUT2D eigenvalue weighted by Crippen LogP contribution is -2.35. The summed E-state index contributed by atoms with van der Waals surface area (Å²) in [7, 11) is 2.14. The quantitative estimate of drug-likeness (QED) is 0.912. The molecule has 0 aliphatic carbocycles. The standard InChI is InChI=1S/C17H21N3O2/c1-20-10-7-16(8-11-20)22-15-4-2-14(3-5-15)19-17(21)13-6-9-18-12-13/h2-6,9,12,16,18H,7-8,10-11H2,1H3,(H,19,21). The van der Waals surface area contributed by atoms with Crippen molar-refractivity contribution in [3.63, 3.8) is 0 Å². The van der Waals surface area contributed by atoms with E-state index in [2.05, 4.69) is 22.2 Å². The summed E-state index contributed by atoms with van der Waals surface area (Å²) in [6.45, 7) is 2.16. The average Bonchev–Trinajstić information content (AvgIpc) is 3.06. The Bertz CT molecular complexity index is 599. The van der Waals surface area contributed by atoms with E-state index in [4.69, 9.17) is 4.74 Å². The second kappa shape index (κ2) is 6.66. The summed E-state index contributed by atoms with van der Waals surface area (Å²) in [5, 5.41) is 2.86. The largest absolute Gasteiger partial charge is 0.490 e. The van der Waals surface area contributed by atoms with Crippen molar-refractivity contribution >= 4 is 11.6 Å². The number of hydrogen-bond donors (Lipinski definition) is 2. The topological polar surface area (TPSA) is 57.4 Å². The maximum absolute atomic E-state index is 11.9. The first-order chi connectivity index (χ1) is 10.7. The number of aromatic amines is 1. The Labute approximate surface area is 130 Å². The average molecular weight is 299 g/mol. The molecular formula is C17H21N3O2. The van der Waals surface area contributed by atoms with Crippen molar-refractivity contribution < 1.29 is 9.53 Å². The van der Waals surface area contributed by atoms with E-state index >= 15 is 0 Å². The van der Waals surface area contributed by atoms with Gasteiger partial charge in [-0.25, -0.2) is 0 Å². The van der Waals surface area contributed by atoms with Crippen LogP contribution < -0.4 is 10.1 Å². The summed E-state index contributed by atoms with van der Waals surface area (Å²) in [6.07, 6.45) is 5.81. The zero-order chi connectivity index (χ0) is 15.4. The Morgan fingerprint density at radius 2 is 1.95 bits per heavy atom. The molecule has 3 rings (SSSR count). The molecule has 0 radical (unpaired) electrons. The number of benzene rings is 1. The Hall–Kier alpha value is -2.27. The lowest BCUT2D eigenvalue weighted by atomic mass is 10.1. The summed E-state index contributed by atoms with van der Waals surface area (Å²) in [5.41, 5.74) is 1.38. The smallest absolute Gasteiger partial charge is 0.257 e. The van der Waals surface area contributed by atoms with Gasteiger partial charge in [0, 0.05) is 31.2 Å². The minimum atomic E-state index is -0.120. The normalized spacial score (nSPS) is 16.4. The molecule has 0 unspecified atom stereocenters. The summed E-state index contributed by atoms with van der Waals surface area (Å²) in [5.74, 6) is 0.736. The molecule has 1 saturated heterocycles. The molecule has 1 aromatic carbocycles. The van der Waals surface area contributed by atoms with E-state index in [1.165, 1.54) is 0 Å². The van der Waals surface area contributed by atoms with Crippen LogP contribution in [0.1, 0.15) is 23.2 Å². The van der Waals surface area contributed by atoms with Gasteiger partial charge in [-0.2, -0.15) is 0 Å². The van der Waals surface area contributed by atoms with Crippen molar-refractivity contribution in [1.29, 1.82) is 0 Å². The highest BCUT2D eigenvalue weighted by atomic mass is 16.5. The molecule has 2 heterocycles. The van der Waals surface area contributed by atoms with Gasteiger partial charge in [0.25, 0.3) is 5.91 Å². The molecule has 1 aliphatic rings. The van der Waals surface area contributed by atoms with Crippen molar-refractivity contribution in [2.45, 2.75) is 18.9 Å². The SMILES string of the molecule is CN1CCC(Oc2ccc(NC(=O)c3cc[nH]c3)cc2)CC1. The molecule has 116 valence electrons.